The van der Waals surface area contributed by atoms with Gasteiger partial charge < -0.3 is 0 Å². The molecule has 8 heteroatoms. The van der Waals surface area contributed by atoms with Crippen LogP contribution in [-0.2, 0) is 10.0 Å². The SMILES string of the molecule is Cc1cc2c(cc1Cl)SC(C(=O)c1ccc(Cl)cc1)=NS2(=O)=O. The van der Waals surface area contributed by atoms with Crippen LogP contribution >= 0.6 is 35.0 Å². The van der Waals surface area contributed by atoms with Crippen molar-refractivity contribution in [1.82, 2.24) is 0 Å². The molecular weight excluding hydrogens is 377 g/mol. The Kier molecular flexibility index (Phi) is 4.27. The number of carbonyl (C=O) groups is 1. The zero-order valence-electron chi connectivity index (χ0n) is 11.7. The van der Waals surface area contributed by atoms with Crippen molar-refractivity contribution in [3.8, 4) is 0 Å². The third kappa shape index (κ3) is 3.17. The number of carbonyl (C=O) groups excluding carboxylic acids is 1. The Morgan fingerprint density at radius 2 is 1.78 bits per heavy atom. The van der Waals surface area contributed by atoms with Gasteiger partial charge in [-0.3, -0.25) is 4.79 Å². The molecule has 0 bridgehead atoms. The van der Waals surface area contributed by atoms with E-state index in [0.29, 0.717) is 26.1 Å². The van der Waals surface area contributed by atoms with Crippen molar-refractivity contribution in [1.29, 1.82) is 0 Å². The molecule has 0 saturated carbocycles. The number of halogens is 2. The fourth-order valence-electron chi connectivity index (χ4n) is 2.01. The van der Waals surface area contributed by atoms with Crippen molar-refractivity contribution in [2.75, 3.05) is 0 Å². The minimum atomic E-state index is -3.93. The van der Waals surface area contributed by atoms with E-state index in [2.05, 4.69) is 4.40 Å². The van der Waals surface area contributed by atoms with Crippen LogP contribution in [0.5, 0.6) is 0 Å². The maximum atomic E-state index is 12.5. The van der Waals surface area contributed by atoms with Gasteiger partial charge in [0.1, 0.15) is 4.90 Å². The van der Waals surface area contributed by atoms with Crippen LogP contribution in [0.15, 0.2) is 50.6 Å². The number of benzene rings is 2. The monoisotopic (exact) mass is 385 g/mol. The van der Waals surface area contributed by atoms with Gasteiger partial charge in [-0.25, -0.2) is 0 Å². The third-order valence-electron chi connectivity index (χ3n) is 3.21. The molecule has 0 atom stereocenters. The number of aryl methyl sites for hydroxylation is 1. The van der Waals surface area contributed by atoms with E-state index in [1.165, 1.54) is 24.3 Å². The highest BCUT2D eigenvalue weighted by atomic mass is 35.5. The second kappa shape index (κ2) is 5.94. The van der Waals surface area contributed by atoms with Gasteiger partial charge in [-0.1, -0.05) is 35.0 Å². The number of hydrogen-bond donors (Lipinski definition) is 0. The molecule has 0 fully saturated rings. The van der Waals surface area contributed by atoms with Gasteiger partial charge in [0.2, 0.25) is 5.78 Å². The van der Waals surface area contributed by atoms with Crippen LogP contribution < -0.4 is 0 Å². The number of thioether (sulfide) groups is 1. The van der Waals surface area contributed by atoms with Crippen LogP contribution in [0.4, 0.5) is 0 Å². The number of nitrogens with zero attached hydrogens (tertiary/aromatic N) is 1. The summed E-state index contributed by atoms with van der Waals surface area (Å²) < 4.78 is 28.3. The highest BCUT2D eigenvalue weighted by molar-refractivity contribution is 8.17. The smallest absolute Gasteiger partial charge is 0.284 e. The highest BCUT2D eigenvalue weighted by Crippen LogP contribution is 2.38. The molecule has 4 nitrogen and oxygen atoms in total. The summed E-state index contributed by atoms with van der Waals surface area (Å²) in [5.41, 5.74) is 0.953. The van der Waals surface area contributed by atoms with E-state index in [1.807, 2.05) is 0 Å². The second-order valence-corrected chi connectivity index (χ2v) is 8.30. The lowest BCUT2D eigenvalue weighted by Gasteiger charge is -2.16. The van der Waals surface area contributed by atoms with Crippen LogP contribution in [0, 0.1) is 6.92 Å². The van der Waals surface area contributed by atoms with E-state index in [0.717, 1.165) is 11.8 Å². The quantitative estimate of drug-likeness (QED) is 0.719. The molecule has 23 heavy (non-hydrogen) atoms. The molecule has 118 valence electrons. The Balaban J connectivity index is 2.06. The average Bonchev–Trinajstić information content (AvgIpc) is 2.49. The Hall–Kier alpha value is -1.34. The Labute approximate surface area is 147 Å². The summed E-state index contributed by atoms with van der Waals surface area (Å²) in [5, 5.41) is 0.811. The van der Waals surface area contributed by atoms with E-state index < -0.39 is 15.8 Å². The van der Waals surface area contributed by atoms with Gasteiger partial charge in [0, 0.05) is 20.5 Å². The lowest BCUT2D eigenvalue weighted by Crippen LogP contribution is -2.17. The largest absolute Gasteiger partial charge is 0.286 e. The number of fused-ring (bicyclic) bond motifs is 1. The van der Waals surface area contributed by atoms with Crippen LogP contribution in [0.3, 0.4) is 0 Å². The molecule has 0 aliphatic carbocycles. The van der Waals surface area contributed by atoms with Crippen molar-refractivity contribution in [2.24, 2.45) is 4.40 Å². The molecule has 1 aliphatic rings. The van der Waals surface area contributed by atoms with Crippen LogP contribution in [0.25, 0.3) is 0 Å². The first-order chi connectivity index (χ1) is 10.8. The third-order valence-corrected chi connectivity index (χ3v) is 6.46. The number of Topliss-reactive ketones (excluding diaryl/α,β-unsaturated/α-hetero) is 1. The molecule has 2 aromatic rings. The van der Waals surface area contributed by atoms with E-state index >= 15 is 0 Å². The normalized spacial score (nSPS) is 15.7. The Morgan fingerprint density at radius 3 is 2.43 bits per heavy atom. The Morgan fingerprint density at radius 1 is 1.13 bits per heavy atom. The first-order valence-electron chi connectivity index (χ1n) is 6.41. The van der Waals surface area contributed by atoms with Crippen LogP contribution in [0.1, 0.15) is 15.9 Å². The van der Waals surface area contributed by atoms with Crippen LogP contribution in [-0.4, -0.2) is 19.2 Å². The minimum absolute atomic E-state index is 0.0667. The van der Waals surface area contributed by atoms with Gasteiger partial charge >= 0.3 is 0 Å². The van der Waals surface area contributed by atoms with Crippen molar-refractivity contribution >= 4 is 55.8 Å². The number of ketones is 1. The molecule has 0 amide bonds. The predicted molar refractivity (Wildman–Crippen MR) is 92.4 cm³/mol. The fraction of sp³-hybridized carbons (Fsp3) is 0.0667. The second-order valence-electron chi connectivity index (χ2n) is 4.86. The predicted octanol–water partition coefficient (Wildman–Crippen LogP) is 4.38. The molecule has 2 aromatic carbocycles. The number of sulfonamides is 1. The van der Waals surface area contributed by atoms with E-state index in [1.54, 1.807) is 19.1 Å². The van der Waals surface area contributed by atoms with E-state index in [9.17, 15) is 13.2 Å². The molecule has 0 N–H and O–H groups in total. The summed E-state index contributed by atoms with van der Waals surface area (Å²) in [4.78, 5) is 12.9. The molecule has 1 aliphatic heterocycles. The highest BCUT2D eigenvalue weighted by Gasteiger charge is 2.30. The lowest BCUT2D eigenvalue weighted by molar-refractivity contribution is 0.106. The summed E-state index contributed by atoms with van der Waals surface area (Å²) in [7, 11) is -3.93. The molecule has 0 radical (unpaired) electrons. The molecule has 0 spiro atoms. The van der Waals surface area contributed by atoms with Gasteiger partial charge in [0.25, 0.3) is 10.0 Å². The van der Waals surface area contributed by atoms with Gasteiger partial charge in [0.15, 0.2) is 5.04 Å². The Bertz CT molecular complexity index is 951. The van der Waals surface area contributed by atoms with E-state index in [-0.39, 0.29) is 9.94 Å². The van der Waals surface area contributed by atoms with Gasteiger partial charge in [-0.05, 0) is 48.9 Å². The average molecular weight is 386 g/mol. The summed E-state index contributed by atoms with van der Waals surface area (Å²) in [6, 6.07) is 9.18. The summed E-state index contributed by atoms with van der Waals surface area (Å²) in [5.74, 6) is -0.474. The van der Waals surface area contributed by atoms with Gasteiger partial charge in [-0.15, -0.1) is 4.40 Å². The zero-order valence-corrected chi connectivity index (χ0v) is 14.9. The topological polar surface area (TPSA) is 63.6 Å². The van der Waals surface area contributed by atoms with Crippen LogP contribution in [0.2, 0.25) is 10.0 Å². The van der Waals surface area contributed by atoms with Crippen molar-refractivity contribution < 1.29 is 13.2 Å². The zero-order chi connectivity index (χ0) is 16.8. The van der Waals surface area contributed by atoms with Crippen molar-refractivity contribution in [2.45, 2.75) is 16.7 Å². The molecular formula is C15H9Cl2NO3S2. The fourth-order valence-corrected chi connectivity index (χ4v) is 5.04. The molecule has 0 saturated heterocycles. The lowest BCUT2D eigenvalue weighted by atomic mass is 10.1. The standard InChI is InChI=1S/C15H9Cl2NO3S2/c1-8-6-13-12(7-11(8)17)22-15(18-23(13,20)21)14(19)9-2-4-10(16)5-3-9/h2-7H,1H3. The maximum absolute atomic E-state index is 12.5. The first kappa shape index (κ1) is 16.5. The summed E-state index contributed by atoms with van der Waals surface area (Å²) >= 11 is 12.8. The van der Waals surface area contributed by atoms with E-state index in [4.69, 9.17) is 23.2 Å². The molecule has 0 unspecified atom stereocenters. The maximum Gasteiger partial charge on any atom is 0.284 e. The minimum Gasteiger partial charge on any atom is -0.286 e. The summed E-state index contributed by atoms with van der Waals surface area (Å²) in [6.07, 6.45) is 0. The number of hydrogen-bond acceptors (Lipinski definition) is 4. The van der Waals surface area contributed by atoms with Crippen molar-refractivity contribution in [3.05, 3.63) is 57.6 Å². The van der Waals surface area contributed by atoms with Crippen molar-refractivity contribution in [3.63, 3.8) is 0 Å². The van der Waals surface area contributed by atoms with Gasteiger partial charge in [-0.2, -0.15) is 8.42 Å². The van der Waals surface area contributed by atoms with Gasteiger partial charge in [0.05, 0.1) is 0 Å². The molecule has 0 aromatic heterocycles. The first-order valence-corrected chi connectivity index (χ1v) is 9.42. The molecule has 1 heterocycles. The molecule has 3 rings (SSSR count). The summed E-state index contributed by atoms with van der Waals surface area (Å²) in [6.45, 7) is 1.71. The number of rotatable bonds is 2.